The summed E-state index contributed by atoms with van der Waals surface area (Å²) in [6.07, 6.45) is 0. The third kappa shape index (κ3) is 1.39. The normalized spacial score (nSPS) is 16.3. The van der Waals surface area contributed by atoms with Crippen molar-refractivity contribution in [3.05, 3.63) is 17.0 Å². The first-order valence-electron chi connectivity index (χ1n) is 4.71. The molecule has 2 rings (SSSR count). The van der Waals surface area contributed by atoms with Crippen LogP contribution in [0.15, 0.2) is 0 Å². The number of aryl methyl sites for hydroxylation is 2. The molecule has 14 heavy (non-hydrogen) atoms. The van der Waals surface area contributed by atoms with Gasteiger partial charge in [-0.3, -0.25) is 15.2 Å². The zero-order chi connectivity index (χ0) is 10.1. The highest BCUT2D eigenvalue weighted by Gasteiger charge is 2.23. The Hall–Kier alpha value is -1.36. The lowest BCUT2D eigenvalue weighted by atomic mass is 10.2. The van der Waals surface area contributed by atoms with Gasteiger partial charge in [0.25, 0.3) is 5.91 Å². The molecule has 0 aromatic carbocycles. The number of carbonyl (C=O) groups excluding carboxylic acids is 1. The average molecular weight is 194 g/mol. The van der Waals surface area contributed by atoms with Crippen molar-refractivity contribution >= 4 is 5.91 Å². The van der Waals surface area contributed by atoms with Gasteiger partial charge in [0.15, 0.2) is 0 Å². The van der Waals surface area contributed by atoms with Crippen LogP contribution in [0.5, 0.6) is 0 Å². The third-order valence-corrected chi connectivity index (χ3v) is 2.49. The fraction of sp³-hybridized carbons (Fsp3) is 0.556. The molecule has 1 saturated heterocycles. The monoisotopic (exact) mass is 194 g/mol. The second-order valence-corrected chi connectivity index (χ2v) is 3.54. The van der Waals surface area contributed by atoms with Crippen molar-refractivity contribution in [3.63, 3.8) is 0 Å². The quantitative estimate of drug-likeness (QED) is 0.663. The van der Waals surface area contributed by atoms with E-state index in [4.69, 9.17) is 0 Å². The molecule has 0 unspecified atom stereocenters. The van der Waals surface area contributed by atoms with Crippen LogP contribution in [0.1, 0.15) is 21.7 Å². The zero-order valence-electron chi connectivity index (χ0n) is 8.42. The summed E-state index contributed by atoms with van der Waals surface area (Å²) in [6, 6.07) is 0. The molecule has 0 bridgehead atoms. The molecule has 1 aromatic rings. The van der Waals surface area contributed by atoms with E-state index < -0.39 is 0 Å². The van der Waals surface area contributed by atoms with Crippen LogP contribution in [-0.4, -0.2) is 40.8 Å². The van der Waals surface area contributed by atoms with E-state index in [1.807, 2.05) is 13.8 Å². The second kappa shape index (κ2) is 3.42. The molecular weight excluding hydrogens is 180 g/mol. The molecule has 76 valence electrons. The number of rotatable bonds is 1. The highest BCUT2D eigenvalue weighted by molar-refractivity contribution is 5.96. The number of aromatic amines is 1. The van der Waals surface area contributed by atoms with Gasteiger partial charge < -0.3 is 4.90 Å². The van der Waals surface area contributed by atoms with Crippen molar-refractivity contribution in [2.24, 2.45) is 0 Å². The van der Waals surface area contributed by atoms with Gasteiger partial charge >= 0.3 is 0 Å². The van der Waals surface area contributed by atoms with Gasteiger partial charge in [-0.15, -0.1) is 0 Å². The molecule has 0 saturated carbocycles. The summed E-state index contributed by atoms with van der Waals surface area (Å²) in [5.41, 5.74) is 2.34. The predicted octanol–water partition coefficient (Wildman–Crippen LogP) is 0.0294. The van der Waals surface area contributed by atoms with E-state index in [9.17, 15) is 4.79 Å². The van der Waals surface area contributed by atoms with E-state index in [1.54, 1.807) is 4.90 Å². The van der Waals surface area contributed by atoms with Gasteiger partial charge in [-0.05, 0) is 13.8 Å². The van der Waals surface area contributed by atoms with Crippen LogP contribution in [0.3, 0.4) is 0 Å². The highest BCUT2D eigenvalue weighted by Crippen LogP contribution is 2.13. The van der Waals surface area contributed by atoms with Crippen LogP contribution in [0.4, 0.5) is 0 Å². The molecule has 1 aliphatic rings. The van der Waals surface area contributed by atoms with Gasteiger partial charge in [-0.25, -0.2) is 0 Å². The van der Waals surface area contributed by atoms with Crippen LogP contribution in [-0.2, 0) is 0 Å². The van der Waals surface area contributed by atoms with Gasteiger partial charge in [0.2, 0.25) is 0 Å². The van der Waals surface area contributed by atoms with Crippen LogP contribution in [0.2, 0.25) is 0 Å². The molecule has 5 heteroatoms. The molecule has 1 fully saturated rings. The summed E-state index contributed by atoms with van der Waals surface area (Å²) in [7, 11) is 0. The van der Waals surface area contributed by atoms with Gasteiger partial charge in [0, 0.05) is 18.8 Å². The molecule has 1 amide bonds. The van der Waals surface area contributed by atoms with Crippen LogP contribution in [0, 0.1) is 13.8 Å². The van der Waals surface area contributed by atoms with E-state index in [0.29, 0.717) is 12.2 Å². The van der Waals surface area contributed by atoms with Crippen molar-refractivity contribution < 1.29 is 4.79 Å². The Morgan fingerprint density at radius 1 is 1.50 bits per heavy atom. The summed E-state index contributed by atoms with van der Waals surface area (Å²) in [5, 5.41) is 9.97. The van der Waals surface area contributed by atoms with E-state index >= 15 is 0 Å². The number of H-pyrrole nitrogens is 1. The Balaban J connectivity index is 2.25. The summed E-state index contributed by atoms with van der Waals surface area (Å²) in [4.78, 5) is 13.8. The van der Waals surface area contributed by atoms with Crippen molar-refractivity contribution in [1.82, 2.24) is 20.4 Å². The lowest BCUT2D eigenvalue weighted by molar-refractivity contribution is 0.0790. The van der Waals surface area contributed by atoms with Gasteiger partial charge in [0.1, 0.15) is 0 Å². The predicted molar refractivity (Wildman–Crippen MR) is 52.0 cm³/mol. The highest BCUT2D eigenvalue weighted by atomic mass is 16.2. The molecule has 2 N–H and O–H groups in total. The molecule has 5 nitrogen and oxygen atoms in total. The number of nitrogens with zero attached hydrogens (tertiary/aromatic N) is 2. The topological polar surface area (TPSA) is 61.0 Å². The maximum absolute atomic E-state index is 12.0. The maximum atomic E-state index is 12.0. The first kappa shape index (κ1) is 9.21. The number of hydrogen-bond donors (Lipinski definition) is 2. The number of amides is 1. The van der Waals surface area contributed by atoms with Gasteiger partial charge in [-0.1, -0.05) is 0 Å². The number of carbonyl (C=O) groups is 1. The number of hydrogen-bond acceptors (Lipinski definition) is 3. The first-order chi connectivity index (χ1) is 6.70. The number of aromatic nitrogens is 2. The second-order valence-electron chi connectivity index (χ2n) is 3.54. The Morgan fingerprint density at radius 3 is 2.79 bits per heavy atom. The first-order valence-corrected chi connectivity index (χ1v) is 4.71. The molecule has 0 radical (unpaired) electrons. The van der Waals surface area contributed by atoms with Crippen molar-refractivity contribution in [3.8, 4) is 0 Å². The minimum atomic E-state index is 0.0683. The molecule has 1 aromatic heterocycles. The van der Waals surface area contributed by atoms with E-state index in [2.05, 4.69) is 15.5 Å². The molecular formula is C9H14N4O. The Bertz CT molecular complexity index is 332. The summed E-state index contributed by atoms with van der Waals surface area (Å²) in [6.45, 7) is 6.02. The fourth-order valence-corrected chi connectivity index (χ4v) is 1.70. The van der Waals surface area contributed by atoms with Crippen LogP contribution < -0.4 is 5.32 Å². The van der Waals surface area contributed by atoms with E-state index in [-0.39, 0.29) is 5.91 Å². The fourth-order valence-electron chi connectivity index (χ4n) is 1.70. The Morgan fingerprint density at radius 2 is 2.29 bits per heavy atom. The minimum absolute atomic E-state index is 0.0683. The molecule has 0 aliphatic carbocycles. The third-order valence-electron chi connectivity index (χ3n) is 2.49. The van der Waals surface area contributed by atoms with E-state index in [1.165, 1.54) is 0 Å². The summed E-state index contributed by atoms with van der Waals surface area (Å²) < 4.78 is 0. The van der Waals surface area contributed by atoms with Crippen molar-refractivity contribution in [2.75, 3.05) is 19.8 Å². The van der Waals surface area contributed by atoms with Crippen LogP contribution in [0.25, 0.3) is 0 Å². The largest absolute Gasteiger partial charge is 0.324 e. The minimum Gasteiger partial charge on any atom is -0.324 e. The van der Waals surface area contributed by atoms with E-state index in [0.717, 1.165) is 24.5 Å². The maximum Gasteiger partial charge on any atom is 0.258 e. The van der Waals surface area contributed by atoms with Crippen molar-refractivity contribution in [1.29, 1.82) is 0 Å². The number of nitrogens with one attached hydrogen (secondary N) is 2. The average Bonchev–Trinajstić information content (AvgIpc) is 2.75. The zero-order valence-corrected chi connectivity index (χ0v) is 8.42. The summed E-state index contributed by atoms with van der Waals surface area (Å²) in [5.74, 6) is 0.0683. The molecule has 0 atom stereocenters. The standard InChI is InChI=1S/C9H14N4O/c1-6-8(7(2)12-11-6)9(14)13-4-3-10-5-13/h10H,3-5H2,1-2H3,(H,11,12). The molecule has 2 heterocycles. The molecule has 1 aliphatic heterocycles. The lowest BCUT2D eigenvalue weighted by Crippen LogP contribution is -2.30. The van der Waals surface area contributed by atoms with Gasteiger partial charge in [0.05, 0.1) is 17.9 Å². The van der Waals surface area contributed by atoms with Gasteiger partial charge in [-0.2, -0.15) is 5.10 Å². The SMILES string of the molecule is Cc1n[nH]c(C)c1C(=O)N1CCNC1. The van der Waals surface area contributed by atoms with Crippen molar-refractivity contribution in [2.45, 2.75) is 13.8 Å². The smallest absolute Gasteiger partial charge is 0.258 e. The Kier molecular flexibility index (Phi) is 2.25. The Labute approximate surface area is 82.5 Å². The lowest BCUT2D eigenvalue weighted by Gasteiger charge is -2.14. The molecule has 0 spiro atoms. The summed E-state index contributed by atoms with van der Waals surface area (Å²) >= 11 is 0. The van der Waals surface area contributed by atoms with Crippen LogP contribution >= 0.6 is 0 Å².